The maximum Gasteiger partial charge on any atom is 0.410 e. The van der Waals surface area contributed by atoms with Crippen LogP contribution in [-0.4, -0.2) is 16.1 Å². The lowest BCUT2D eigenvalue weighted by Gasteiger charge is -2.40. The van der Waals surface area contributed by atoms with Gasteiger partial charge in [-0.3, -0.25) is 0 Å². The van der Waals surface area contributed by atoms with Crippen molar-refractivity contribution in [2.45, 2.75) is 52.9 Å². The van der Waals surface area contributed by atoms with E-state index >= 15 is 0 Å². The van der Waals surface area contributed by atoms with Gasteiger partial charge in [0.1, 0.15) is 11.3 Å². The van der Waals surface area contributed by atoms with E-state index in [9.17, 15) is 4.79 Å². The largest absolute Gasteiger partial charge is 0.410 e. The number of carbonyl (C=O) groups is 1. The van der Waals surface area contributed by atoms with E-state index in [0.29, 0.717) is 28.5 Å². The molecule has 5 nitrogen and oxygen atoms in total. The fraction of sp³-hybridized carbons (Fsp3) is 0.579. The number of hydrogen-bond acceptors (Lipinski definition) is 3. The zero-order chi connectivity index (χ0) is 17.5. The first-order valence-corrected chi connectivity index (χ1v) is 8.71. The molecule has 3 rings (SSSR count). The zero-order valence-electron chi connectivity index (χ0n) is 14.9. The van der Waals surface area contributed by atoms with E-state index in [4.69, 9.17) is 15.5 Å². The highest BCUT2D eigenvalue weighted by molar-refractivity contribution is 5.84. The molecule has 0 spiro atoms. The van der Waals surface area contributed by atoms with Gasteiger partial charge in [-0.05, 0) is 48.6 Å². The summed E-state index contributed by atoms with van der Waals surface area (Å²) in [5.74, 6) is 3.15. The number of aromatic nitrogens is 2. The number of nitrogens with zero attached hydrogens (tertiary/aromatic N) is 1. The second-order valence-electron chi connectivity index (χ2n) is 8.16. The van der Waals surface area contributed by atoms with Crippen molar-refractivity contribution in [3.8, 4) is 5.75 Å². The van der Waals surface area contributed by atoms with Crippen molar-refractivity contribution in [1.82, 2.24) is 9.97 Å². The molecule has 1 aromatic heterocycles. The van der Waals surface area contributed by atoms with Crippen molar-refractivity contribution in [3.05, 3.63) is 24.0 Å². The predicted octanol–water partition coefficient (Wildman–Crippen LogP) is 4.59. The van der Waals surface area contributed by atoms with Crippen molar-refractivity contribution in [3.63, 3.8) is 0 Å². The summed E-state index contributed by atoms with van der Waals surface area (Å²) >= 11 is 0. The molecule has 0 radical (unpaired) electrons. The summed E-state index contributed by atoms with van der Waals surface area (Å²) in [4.78, 5) is 19.2. The van der Waals surface area contributed by atoms with Crippen molar-refractivity contribution in [2.75, 3.05) is 0 Å². The van der Waals surface area contributed by atoms with E-state index in [1.165, 1.54) is 12.8 Å². The smallest absolute Gasteiger partial charge is 0.408 e. The first-order chi connectivity index (χ1) is 11.3. The Balaban J connectivity index is 1.87. The van der Waals surface area contributed by atoms with Gasteiger partial charge in [-0.15, -0.1) is 0 Å². The van der Waals surface area contributed by atoms with Gasteiger partial charge < -0.3 is 15.5 Å². The maximum absolute atomic E-state index is 11.1. The van der Waals surface area contributed by atoms with Gasteiger partial charge in [0.2, 0.25) is 0 Å². The number of rotatable bonds is 2. The Morgan fingerprint density at radius 2 is 2.08 bits per heavy atom. The number of amides is 1. The van der Waals surface area contributed by atoms with Crippen LogP contribution in [0.25, 0.3) is 11.0 Å². The molecular weight excluding hydrogens is 302 g/mol. The van der Waals surface area contributed by atoms with Crippen LogP contribution in [0.1, 0.15) is 58.7 Å². The number of H-pyrrole nitrogens is 1. The number of carbonyl (C=O) groups excluding carboxylic acids is 1. The molecule has 130 valence electrons. The highest BCUT2D eigenvalue weighted by Crippen LogP contribution is 2.46. The summed E-state index contributed by atoms with van der Waals surface area (Å²) in [5.41, 5.74) is 7.06. The fourth-order valence-electron chi connectivity index (χ4n) is 3.98. The van der Waals surface area contributed by atoms with Gasteiger partial charge in [0.25, 0.3) is 0 Å². The predicted molar refractivity (Wildman–Crippen MR) is 95.0 cm³/mol. The second-order valence-corrected chi connectivity index (χ2v) is 8.16. The zero-order valence-corrected chi connectivity index (χ0v) is 14.9. The maximum atomic E-state index is 11.1. The Hall–Kier alpha value is -2.04. The normalized spacial score (nSPS) is 24.9. The van der Waals surface area contributed by atoms with Gasteiger partial charge in [0, 0.05) is 5.92 Å². The van der Waals surface area contributed by atoms with Crippen molar-refractivity contribution in [1.29, 1.82) is 0 Å². The summed E-state index contributed by atoms with van der Waals surface area (Å²) in [6.45, 7) is 9.31. The molecule has 1 aliphatic rings. The second kappa shape index (κ2) is 6.11. The highest BCUT2D eigenvalue weighted by Gasteiger charge is 2.35. The molecule has 1 aromatic carbocycles. The minimum absolute atomic E-state index is 0.357. The number of aromatic amines is 1. The van der Waals surface area contributed by atoms with Crippen LogP contribution in [0.4, 0.5) is 4.79 Å². The summed E-state index contributed by atoms with van der Waals surface area (Å²) in [7, 11) is 0. The Morgan fingerprint density at radius 3 is 2.71 bits per heavy atom. The number of imidazole rings is 1. The SMILES string of the molecule is CC1CC(C(C)(C)C)CCC1c1nc2c(OC(N)=O)cccc2[nH]1. The molecule has 5 heteroatoms. The summed E-state index contributed by atoms with van der Waals surface area (Å²) in [6.07, 6.45) is 2.76. The average molecular weight is 329 g/mol. The van der Waals surface area contributed by atoms with Crippen LogP contribution in [-0.2, 0) is 0 Å². The number of nitrogens with two attached hydrogens (primary N) is 1. The summed E-state index contributed by atoms with van der Waals surface area (Å²) in [6, 6.07) is 5.51. The first kappa shape index (κ1) is 16.8. The van der Waals surface area contributed by atoms with Crippen molar-refractivity contribution >= 4 is 17.1 Å². The van der Waals surface area contributed by atoms with Crippen molar-refractivity contribution in [2.24, 2.45) is 23.0 Å². The molecule has 0 aliphatic heterocycles. The van der Waals surface area contributed by atoms with E-state index in [0.717, 1.165) is 23.7 Å². The number of primary amides is 1. The van der Waals surface area contributed by atoms with E-state index < -0.39 is 6.09 Å². The minimum atomic E-state index is -0.814. The van der Waals surface area contributed by atoms with Gasteiger partial charge in [-0.1, -0.05) is 33.8 Å². The molecule has 24 heavy (non-hydrogen) atoms. The van der Waals surface area contributed by atoms with Gasteiger partial charge in [0.15, 0.2) is 5.75 Å². The van der Waals surface area contributed by atoms with Crippen LogP contribution in [0.15, 0.2) is 18.2 Å². The third kappa shape index (κ3) is 3.25. The number of benzene rings is 1. The number of fused-ring (bicyclic) bond motifs is 1. The lowest BCUT2D eigenvalue weighted by molar-refractivity contribution is 0.131. The van der Waals surface area contributed by atoms with Crippen LogP contribution in [0, 0.1) is 17.3 Å². The van der Waals surface area contributed by atoms with Gasteiger partial charge in [-0.2, -0.15) is 0 Å². The molecule has 0 bridgehead atoms. The molecule has 3 atom stereocenters. The molecule has 0 saturated heterocycles. The first-order valence-electron chi connectivity index (χ1n) is 8.71. The lowest BCUT2D eigenvalue weighted by Crippen LogP contribution is -2.30. The van der Waals surface area contributed by atoms with Crippen LogP contribution in [0.5, 0.6) is 5.75 Å². The topological polar surface area (TPSA) is 81.0 Å². The van der Waals surface area contributed by atoms with Crippen LogP contribution in [0.3, 0.4) is 0 Å². The van der Waals surface area contributed by atoms with E-state index in [1.54, 1.807) is 6.07 Å². The molecule has 2 aromatic rings. The Morgan fingerprint density at radius 1 is 1.33 bits per heavy atom. The van der Waals surface area contributed by atoms with E-state index in [-0.39, 0.29) is 0 Å². The van der Waals surface area contributed by atoms with Gasteiger partial charge >= 0.3 is 6.09 Å². The molecular formula is C19H27N3O2. The van der Waals surface area contributed by atoms with Gasteiger partial charge in [-0.25, -0.2) is 9.78 Å². The summed E-state index contributed by atoms with van der Waals surface area (Å²) in [5, 5.41) is 0. The monoisotopic (exact) mass is 329 g/mol. The molecule has 1 fully saturated rings. The van der Waals surface area contributed by atoms with Crippen LogP contribution < -0.4 is 10.5 Å². The lowest BCUT2D eigenvalue weighted by atomic mass is 9.66. The molecule has 3 unspecified atom stereocenters. The third-order valence-electron chi connectivity index (χ3n) is 5.45. The van der Waals surface area contributed by atoms with E-state index in [1.807, 2.05) is 12.1 Å². The standard InChI is InChI=1S/C19H27N3O2/c1-11-10-12(19(2,3)4)8-9-13(11)17-21-14-6-5-7-15(16(14)22-17)24-18(20)23/h5-7,11-13H,8-10H2,1-4H3,(H2,20,23)(H,21,22). The number of hydrogen-bond donors (Lipinski definition) is 2. The molecule has 3 N–H and O–H groups in total. The number of para-hydroxylation sites is 1. The van der Waals surface area contributed by atoms with Crippen LogP contribution in [0.2, 0.25) is 0 Å². The molecule has 1 saturated carbocycles. The quantitative estimate of drug-likeness (QED) is 0.845. The highest BCUT2D eigenvalue weighted by atomic mass is 16.5. The Labute approximate surface area is 143 Å². The van der Waals surface area contributed by atoms with Crippen molar-refractivity contribution < 1.29 is 9.53 Å². The Bertz CT molecular complexity index is 745. The fourth-order valence-corrected chi connectivity index (χ4v) is 3.98. The molecule has 1 heterocycles. The Kier molecular flexibility index (Phi) is 4.28. The number of nitrogens with one attached hydrogen (secondary N) is 1. The molecule has 1 aliphatic carbocycles. The summed E-state index contributed by atoms with van der Waals surface area (Å²) < 4.78 is 5.07. The van der Waals surface area contributed by atoms with E-state index in [2.05, 4.69) is 32.7 Å². The molecule has 1 amide bonds. The third-order valence-corrected chi connectivity index (χ3v) is 5.45. The average Bonchev–Trinajstić information content (AvgIpc) is 2.90. The minimum Gasteiger partial charge on any atom is -0.408 e. The van der Waals surface area contributed by atoms with Gasteiger partial charge in [0.05, 0.1) is 5.52 Å². The number of ether oxygens (including phenoxy) is 1. The van der Waals surface area contributed by atoms with Crippen LogP contribution >= 0.6 is 0 Å².